The summed E-state index contributed by atoms with van der Waals surface area (Å²) in [7, 11) is 0. The Hall–Kier alpha value is -1.57. The number of rotatable bonds is 2. The first-order valence-electron chi connectivity index (χ1n) is 9.77. The smallest absolute Gasteiger partial charge is 0.241 e. The van der Waals surface area contributed by atoms with Crippen LogP contribution in [0, 0.1) is 5.41 Å². The molecular weight excluding hydrogens is 328 g/mol. The number of amides is 1. The number of carbonyl (C=O) groups is 1. The average Bonchev–Trinajstić information content (AvgIpc) is 3.31. The quantitative estimate of drug-likeness (QED) is 0.723. The highest BCUT2D eigenvalue weighted by molar-refractivity contribution is 5.82. The molecule has 26 heavy (non-hydrogen) atoms. The first-order valence-corrected chi connectivity index (χ1v) is 9.77. The number of hydrazine groups is 1. The maximum Gasteiger partial charge on any atom is 0.241 e. The van der Waals surface area contributed by atoms with Crippen molar-refractivity contribution < 1.29 is 4.79 Å². The molecule has 3 atom stereocenters. The molecule has 4 heterocycles. The molecular formula is C19H30N6O. The fourth-order valence-electron chi connectivity index (χ4n) is 4.10. The molecule has 3 aliphatic heterocycles. The van der Waals surface area contributed by atoms with Crippen LogP contribution in [0.4, 0.5) is 0 Å². The van der Waals surface area contributed by atoms with Gasteiger partial charge in [0, 0.05) is 49.8 Å². The second kappa shape index (κ2) is 6.87. The predicted molar refractivity (Wildman–Crippen MR) is 99.3 cm³/mol. The van der Waals surface area contributed by atoms with E-state index in [0.29, 0.717) is 18.5 Å². The van der Waals surface area contributed by atoms with Gasteiger partial charge in [0.1, 0.15) is 11.9 Å². The van der Waals surface area contributed by atoms with Crippen molar-refractivity contribution in [1.82, 2.24) is 31.0 Å². The molecule has 0 aliphatic carbocycles. The molecule has 0 bridgehead atoms. The summed E-state index contributed by atoms with van der Waals surface area (Å²) in [6, 6.07) is 0.157. The van der Waals surface area contributed by atoms with Crippen LogP contribution in [0.3, 0.4) is 0 Å². The lowest BCUT2D eigenvalue weighted by Gasteiger charge is -2.30. The first-order chi connectivity index (χ1) is 12.4. The molecule has 3 aliphatic rings. The molecule has 4 rings (SSSR count). The minimum atomic E-state index is -0.148. The fourth-order valence-corrected chi connectivity index (χ4v) is 4.10. The van der Waals surface area contributed by atoms with E-state index >= 15 is 0 Å². The van der Waals surface area contributed by atoms with Gasteiger partial charge in [-0.1, -0.05) is 20.8 Å². The van der Waals surface area contributed by atoms with E-state index in [2.05, 4.69) is 41.9 Å². The Labute approximate surface area is 155 Å². The Kier molecular flexibility index (Phi) is 4.71. The van der Waals surface area contributed by atoms with Crippen LogP contribution in [0.1, 0.15) is 56.6 Å². The van der Waals surface area contributed by atoms with Gasteiger partial charge in [-0.2, -0.15) is 0 Å². The molecule has 3 unspecified atom stereocenters. The minimum Gasteiger partial charge on any atom is -0.336 e. The summed E-state index contributed by atoms with van der Waals surface area (Å²) in [4.78, 5) is 24.3. The Bertz CT molecular complexity index is 679. The van der Waals surface area contributed by atoms with Gasteiger partial charge in [-0.15, -0.1) is 0 Å². The zero-order chi connectivity index (χ0) is 18.3. The van der Waals surface area contributed by atoms with E-state index in [1.165, 1.54) is 0 Å². The van der Waals surface area contributed by atoms with E-state index in [1.54, 1.807) is 0 Å². The van der Waals surface area contributed by atoms with Crippen molar-refractivity contribution in [3.63, 3.8) is 0 Å². The van der Waals surface area contributed by atoms with Crippen LogP contribution in [0.2, 0.25) is 0 Å². The number of nitrogens with one attached hydrogen (secondary N) is 3. The van der Waals surface area contributed by atoms with Crippen LogP contribution >= 0.6 is 0 Å². The Balaban J connectivity index is 1.41. The van der Waals surface area contributed by atoms with E-state index in [1.807, 2.05) is 11.1 Å². The largest absolute Gasteiger partial charge is 0.336 e. The SMILES string of the molecule is CC(C)(C)C1CC(C(=O)N2CCc3nc(C4CCNC4)ncc3C2)NN1. The van der Waals surface area contributed by atoms with Gasteiger partial charge in [-0.25, -0.2) is 15.4 Å². The third kappa shape index (κ3) is 3.48. The normalized spacial score (nSPS) is 29.0. The van der Waals surface area contributed by atoms with Crippen molar-refractivity contribution in [2.75, 3.05) is 19.6 Å². The van der Waals surface area contributed by atoms with E-state index < -0.39 is 0 Å². The lowest BCUT2D eigenvalue weighted by Crippen LogP contribution is -2.47. The van der Waals surface area contributed by atoms with Crippen molar-refractivity contribution in [3.05, 3.63) is 23.3 Å². The molecule has 7 nitrogen and oxygen atoms in total. The van der Waals surface area contributed by atoms with Crippen molar-refractivity contribution in [3.8, 4) is 0 Å². The van der Waals surface area contributed by atoms with Crippen LogP contribution in [0.25, 0.3) is 0 Å². The average molecular weight is 358 g/mol. The summed E-state index contributed by atoms with van der Waals surface area (Å²) < 4.78 is 0. The second-order valence-corrected chi connectivity index (χ2v) is 8.90. The molecule has 2 saturated heterocycles. The highest BCUT2D eigenvalue weighted by Crippen LogP contribution is 2.27. The van der Waals surface area contributed by atoms with Gasteiger partial charge in [0.2, 0.25) is 5.91 Å². The summed E-state index contributed by atoms with van der Waals surface area (Å²) in [6.45, 7) is 9.98. The van der Waals surface area contributed by atoms with Gasteiger partial charge >= 0.3 is 0 Å². The molecule has 2 fully saturated rings. The summed E-state index contributed by atoms with van der Waals surface area (Å²) in [6.07, 6.45) is 4.70. The zero-order valence-corrected chi connectivity index (χ0v) is 16.0. The molecule has 3 N–H and O–H groups in total. The molecule has 0 radical (unpaired) electrons. The van der Waals surface area contributed by atoms with Crippen LogP contribution in [0.5, 0.6) is 0 Å². The van der Waals surface area contributed by atoms with E-state index in [-0.39, 0.29) is 17.4 Å². The monoisotopic (exact) mass is 358 g/mol. The molecule has 1 aromatic rings. The fraction of sp³-hybridized carbons (Fsp3) is 0.737. The van der Waals surface area contributed by atoms with Crippen molar-refractivity contribution in [2.45, 2.75) is 64.6 Å². The number of fused-ring (bicyclic) bond motifs is 1. The van der Waals surface area contributed by atoms with E-state index in [0.717, 1.165) is 56.0 Å². The van der Waals surface area contributed by atoms with Crippen LogP contribution < -0.4 is 16.2 Å². The minimum absolute atomic E-state index is 0.135. The third-order valence-corrected chi connectivity index (χ3v) is 5.94. The summed E-state index contributed by atoms with van der Waals surface area (Å²) >= 11 is 0. The number of hydrogen-bond donors (Lipinski definition) is 3. The lowest BCUT2D eigenvalue weighted by atomic mass is 9.84. The molecule has 0 spiro atoms. The van der Waals surface area contributed by atoms with Gasteiger partial charge in [-0.05, 0) is 24.8 Å². The van der Waals surface area contributed by atoms with Gasteiger partial charge < -0.3 is 10.2 Å². The maximum atomic E-state index is 12.9. The summed E-state index contributed by atoms with van der Waals surface area (Å²) in [5.41, 5.74) is 8.85. The summed E-state index contributed by atoms with van der Waals surface area (Å²) in [5, 5.41) is 3.37. The van der Waals surface area contributed by atoms with E-state index in [9.17, 15) is 4.79 Å². The molecule has 142 valence electrons. The predicted octanol–water partition coefficient (Wildman–Crippen LogP) is 0.719. The third-order valence-electron chi connectivity index (χ3n) is 5.94. The van der Waals surface area contributed by atoms with Gasteiger partial charge in [0.05, 0.1) is 5.69 Å². The van der Waals surface area contributed by atoms with Gasteiger partial charge in [0.25, 0.3) is 0 Å². The van der Waals surface area contributed by atoms with Gasteiger partial charge in [0.15, 0.2) is 0 Å². The molecule has 0 aromatic carbocycles. The lowest BCUT2D eigenvalue weighted by molar-refractivity contribution is -0.134. The van der Waals surface area contributed by atoms with Crippen molar-refractivity contribution >= 4 is 5.91 Å². The first kappa shape index (κ1) is 17.8. The Morgan fingerprint density at radius 2 is 2.15 bits per heavy atom. The number of aromatic nitrogens is 2. The molecule has 7 heteroatoms. The second-order valence-electron chi connectivity index (χ2n) is 8.90. The van der Waals surface area contributed by atoms with Crippen LogP contribution in [0.15, 0.2) is 6.20 Å². The maximum absolute atomic E-state index is 12.9. The highest BCUT2D eigenvalue weighted by Gasteiger charge is 2.38. The van der Waals surface area contributed by atoms with Gasteiger partial charge in [-0.3, -0.25) is 10.2 Å². The van der Waals surface area contributed by atoms with Crippen molar-refractivity contribution in [1.29, 1.82) is 0 Å². The standard InChI is InChI=1S/C19H30N6O/c1-19(2,3)16-8-15(23-24-16)18(26)25-7-5-14-13(11-25)10-21-17(22-14)12-4-6-20-9-12/h10,12,15-16,20,23-24H,4-9,11H2,1-3H3. The van der Waals surface area contributed by atoms with Crippen molar-refractivity contribution in [2.24, 2.45) is 5.41 Å². The topological polar surface area (TPSA) is 82.2 Å². The number of carbonyl (C=O) groups excluding carboxylic acids is 1. The zero-order valence-electron chi connectivity index (χ0n) is 16.0. The molecule has 1 aromatic heterocycles. The van der Waals surface area contributed by atoms with Crippen LogP contribution in [-0.2, 0) is 17.8 Å². The number of nitrogens with zero attached hydrogens (tertiary/aromatic N) is 3. The highest BCUT2D eigenvalue weighted by atomic mass is 16.2. The van der Waals surface area contributed by atoms with Crippen LogP contribution in [-0.4, -0.2) is 52.5 Å². The molecule has 1 amide bonds. The Morgan fingerprint density at radius 1 is 1.31 bits per heavy atom. The Morgan fingerprint density at radius 3 is 2.85 bits per heavy atom. The summed E-state index contributed by atoms with van der Waals surface area (Å²) in [5.74, 6) is 1.57. The van der Waals surface area contributed by atoms with E-state index in [4.69, 9.17) is 4.98 Å². The number of hydrogen-bond acceptors (Lipinski definition) is 6. The molecule has 0 saturated carbocycles.